The standard InChI is InChI=1S/C14H24N4/c1-10-8-11(2)13-12(9-10)14(17-16-13)18-6-3-4-15-5-7-18/h10-11,15H,3-9H2,1-2H3,(H,16,17). The Kier molecular flexibility index (Phi) is 3.29. The maximum atomic E-state index is 4.62. The van der Waals surface area contributed by atoms with Crippen molar-refractivity contribution in [2.24, 2.45) is 5.92 Å². The van der Waals surface area contributed by atoms with Crippen LogP contribution in [0.5, 0.6) is 0 Å². The van der Waals surface area contributed by atoms with Crippen molar-refractivity contribution in [2.45, 2.75) is 39.0 Å². The molecule has 2 N–H and O–H groups in total. The molecule has 4 heteroatoms. The van der Waals surface area contributed by atoms with Crippen LogP contribution in [0.15, 0.2) is 0 Å². The van der Waals surface area contributed by atoms with E-state index in [0.29, 0.717) is 5.92 Å². The lowest BCUT2D eigenvalue weighted by atomic mass is 9.82. The zero-order chi connectivity index (χ0) is 12.5. The molecule has 1 saturated heterocycles. The second-order valence-corrected chi connectivity index (χ2v) is 5.98. The van der Waals surface area contributed by atoms with Crippen LogP contribution in [0.2, 0.25) is 0 Å². The first-order chi connectivity index (χ1) is 8.75. The largest absolute Gasteiger partial charge is 0.354 e. The van der Waals surface area contributed by atoms with Crippen LogP contribution in [0.25, 0.3) is 0 Å². The number of hydrogen-bond acceptors (Lipinski definition) is 3. The van der Waals surface area contributed by atoms with Crippen molar-refractivity contribution in [3.8, 4) is 0 Å². The van der Waals surface area contributed by atoms with E-state index in [1.54, 1.807) is 0 Å². The van der Waals surface area contributed by atoms with E-state index in [2.05, 4.69) is 34.3 Å². The molecule has 2 unspecified atom stereocenters. The number of rotatable bonds is 1. The van der Waals surface area contributed by atoms with Crippen molar-refractivity contribution in [3.05, 3.63) is 11.3 Å². The van der Waals surface area contributed by atoms with E-state index in [1.165, 1.54) is 36.3 Å². The van der Waals surface area contributed by atoms with Crippen molar-refractivity contribution >= 4 is 5.82 Å². The maximum Gasteiger partial charge on any atom is 0.153 e. The van der Waals surface area contributed by atoms with Crippen LogP contribution in [-0.4, -0.2) is 36.4 Å². The topological polar surface area (TPSA) is 44.0 Å². The van der Waals surface area contributed by atoms with Gasteiger partial charge in [0.15, 0.2) is 5.82 Å². The monoisotopic (exact) mass is 248 g/mol. The molecule has 1 aliphatic carbocycles. The molecule has 0 aromatic carbocycles. The van der Waals surface area contributed by atoms with Gasteiger partial charge in [0.1, 0.15) is 0 Å². The van der Waals surface area contributed by atoms with Gasteiger partial charge in [-0.2, -0.15) is 5.10 Å². The second kappa shape index (κ2) is 4.92. The summed E-state index contributed by atoms with van der Waals surface area (Å²) in [6.07, 6.45) is 3.69. The van der Waals surface area contributed by atoms with Crippen LogP contribution in [0.4, 0.5) is 5.82 Å². The molecule has 2 atom stereocenters. The van der Waals surface area contributed by atoms with Crippen LogP contribution in [-0.2, 0) is 6.42 Å². The minimum Gasteiger partial charge on any atom is -0.354 e. The van der Waals surface area contributed by atoms with Gasteiger partial charge < -0.3 is 10.2 Å². The van der Waals surface area contributed by atoms with Gasteiger partial charge in [0.2, 0.25) is 0 Å². The van der Waals surface area contributed by atoms with Gasteiger partial charge in [-0.05, 0) is 37.6 Å². The Morgan fingerprint density at radius 2 is 2.11 bits per heavy atom. The lowest BCUT2D eigenvalue weighted by Gasteiger charge is -2.27. The Bertz CT molecular complexity index is 404. The predicted octanol–water partition coefficient (Wildman–Crippen LogP) is 1.90. The Morgan fingerprint density at radius 1 is 1.22 bits per heavy atom. The number of H-pyrrole nitrogens is 1. The molecular weight excluding hydrogens is 224 g/mol. The van der Waals surface area contributed by atoms with Gasteiger partial charge in [-0.25, -0.2) is 0 Å². The number of hydrogen-bond donors (Lipinski definition) is 2. The Hall–Kier alpha value is -1.03. The molecule has 0 saturated carbocycles. The minimum atomic E-state index is 0.634. The summed E-state index contributed by atoms with van der Waals surface area (Å²) in [5, 5.41) is 11.4. The van der Waals surface area contributed by atoms with Gasteiger partial charge in [-0.3, -0.25) is 5.10 Å². The molecule has 1 aromatic rings. The summed E-state index contributed by atoms with van der Waals surface area (Å²) in [6.45, 7) is 9.11. The van der Waals surface area contributed by atoms with E-state index in [9.17, 15) is 0 Å². The van der Waals surface area contributed by atoms with E-state index in [-0.39, 0.29) is 0 Å². The third-order valence-corrected chi connectivity index (χ3v) is 4.32. The lowest BCUT2D eigenvalue weighted by Crippen LogP contribution is -2.29. The highest BCUT2D eigenvalue weighted by Gasteiger charge is 2.28. The number of aromatic nitrogens is 2. The summed E-state index contributed by atoms with van der Waals surface area (Å²) in [4.78, 5) is 2.46. The number of nitrogens with one attached hydrogen (secondary N) is 2. The molecule has 0 amide bonds. The van der Waals surface area contributed by atoms with E-state index < -0.39 is 0 Å². The fourth-order valence-electron chi connectivity index (χ4n) is 3.45. The molecule has 2 heterocycles. The molecule has 0 bridgehead atoms. The summed E-state index contributed by atoms with van der Waals surface area (Å²) >= 11 is 0. The molecule has 0 radical (unpaired) electrons. The average molecular weight is 248 g/mol. The molecule has 1 fully saturated rings. The van der Waals surface area contributed by atoms with Crippen molar-refractivity contribution in [2.75, 3.05) is 31.1 Å². The van der Waals surface area contributed by atoms with Crippen molar-refractivity contribution in [1.29, 1.82) is 0 Å². The fourth-order valence-corrected chi connectivity index (χ4v) is 3.45. The van der Waals surface area contributed by atoms with E-state index in [0.717, 1.165) is 32.1 Å². The zero-order valence-electron chi connectivity index (χ0n) is 11.5. The summed E-state index contributed by atoms with van der Waals surface area (Å²) in [7, 11) is 0. The summed E-state index contributed by atoms with van der Waals surface area (Å²) in [6, 6.07) is 0. The van der Waals surface area contributed by atoms with Gasteiger partial charge in [-0.1, -0.05) is 13.8 Å². The fraction of sp³-hybridized carbons (Fsp3) is 0.786. The van der Waals surface area contributed by atoms with Crippen molar-refractivity contribution < 1.29 is 0 Å². The smallest absolute Gasteiger partial charge is 0.153 e. The Labute approximate surface area is 109 Å². The molecule has 2 aliphatic rings. The maximum absolute atomic E-state index is 4.62. The van der Waals surface area contributed by atoms with Crippen LogP contribution < -0.4 is 10.2 Å². The molecule has 1 aromatic heterocycles. The van der Waals surface area contributed by atoms with Gasteiger partial charge in [0.25, 0.3) is 0 Å². The average Bonchev–Trinajstić information content (AvgIpc) is 2.59. The first kappa shape index (κ1) is 12.0. The minimum absolute atomic E-state index is 0.634. The Balaban J connectivity index is 1.88. The zero-order valence-corrected chi connectivity index (χ0v) is 11.5. The molecule has 3 rings (SSSR count). The first-order valence-corrected chi connectivity index (χ1v) is 7.28. The third-order valence-electron chi connectivity index (χ3n) is 4.32. The van der Waals surface area contributed by atoms with E-state index >= 15 is 0 Å². The molecular formula is C14H24N4. The molecule has 1 aliphatic heterocycles. The van der Waals surface area contributed by atoms with Gasteiger partial charge >= 0.3 is 0 Å². The van der Waals surface area contributed by atoms with Crippen molar-refractivity contribution in [3.63, 3.8) is 0 Å². The van der Waals surface area contributed by atoms with Crippen LogP contribution in [0.1, 0.15) is 43.9 Å². The number of anilines is 1. The van der Waals surface area contributed by atoms with Crippen LogP contribution in [0.3, 0.4) is 0 Å². The summed E-state index contributed by atoms with van der Waals surface area (Å²) in [5.74, 6) is 2.65. The quantitative estimate of drug-likeness (QED) is 0.798. The highest BCUT2D eigenvalue weighted by molar-refractivity contribution is 5.51. The number of aromatic amines is 1. The van der Waals surface area contributed by atoms with Gasteiger partial charge in [0, 0.05) is 30.9 Å². The number of fused-ring (bicyclic) bond motifs is 1. The second-order valence-electron chi connectivity index (χ2n) is 5.98. The molecule has 18 heavy (non-hydrogen) atoms. The number of nitrogens with zero attached hydrogens (tertiary/aromatic N) is 2. The SMILES string of the molecule is CC1Cc2c(N3CCCNCC3)n[nH]c2C(C)C1. The van der Waals surface area contributed by atoms with Gasteiger partial charge in [0.05, 0.1) is 0 Å². The van der Waals surface area contributed by atoms with E-state index in [4.69, 9.17) is 0 Å². The first-order valence-electron chi connectivity index (χ1n) is 7.28. The van der Waals surface area contributed by atoms with Crippen LogP contribution >= 0.6 is 0 Å². The third kappa shape index (κ3) is 2.14. The highest BCUT2D eigenvalue weighted by atomic mass is 15.3. The summed E-state index contributed by atoms with van der Waals surface area (Å²) in [5.41, 5.74) is 2.88. The highest BCUT2D eigenvalue weighted by Crippen LogP contribution is 2.37. The lowest BCUT2D eigenvalue weighted by molar-refractivity contribution is 0.444. The van der Waals surface area contributed by atoms with E-state index in [1.807, 2.05) is 0 Å². The molecule has 0 spiro atoms. The van der Waals surface area contributed by atoms with Crippen molar-refractivity contribution in [1.82, 2.24) is 15.5 Å². The van der Waals surface area contributed by atoms with Crippen LogP contribution in [0, 0.1) is 5.92 Å². The predicted molar refractivity (Wildman–Crippen MR) is 74.2 cm³/mol. The summed E-state index contributed by atoms with van der Waals surface area (Å²) < 4.78 is 0. The molecule has 4 nitrogen and oxygen atoms in total. The van der Waals surface area contributed by atoms with Gasteiger partial charge in [-0.15, -0.1) is 0 Å². The Morgan fingerprint density at radius 3 is 3.00 bits per heavy atom. The molecule has 100 valence electrons. The normalized spacial score (nSPS) is 28.9.